The molecule has 1 aliphatic rings. The molecule has 2 aromatic rings. The molecular formula is C19H21FN2O. The Morgan fingerprint density at radius 1 is 1.17 bits per heavy atom. The van der Waals surface area contributed by atoms with Gasteiger partial charge in [0.1, 0.15) is 11.9 Å². The normalized spacial score (nSPS) is 21.0. The van der Waals surface area contributed by atoms with Crippen molar-refractivity contribution in [2.75, 3.05) is 14.1 Å². The average Bonchev–Trinajstić information content (AvgIpc) is 3.27. The van der Waals surface area contributed by atoms with Crippen LogP contribution in [0.25, 0.3) is 0 Å². The van der Waals surface area contributed by atoms with Crippen molar-refractivity contribution in [3.05, 3.63) is 71.5 Å². The Morgan fingerprint density at radius 2 is 1.91 bits per heavy atom. The van der Waals surface area contributed by atoms with E-state index < -0.39 is 0 Å². The largest absolute Gasteiger partial charge is 0.351 e. The molecule has 0 spiro atoms. The van der Waals surface area contributed by atoms with E-state index in [0.717, 1.165) is 17.5 Å². The second-order valence-electron chi connectivity index (χ2n) is 6.29. The Balaban J connectivity index is 1.67. The molecule has 3 rings (SSSR count). The first-order valence-electron chi connectivity index (χ1n) is 7.83. The summed E-state index contributed by atoms with van der Waals surface area (Å²) >= 11 is 0. The quantitative estimate of drug-likeness (QED) is 0.920. The molecule has 1 aliphatic carbocycles. The van der Waals surface area contributed by atoms with E-state index in [-0.39, 0.29) is 29.7 Å². The topological polar surface area (TPSA) is 32.3 Å². The molecular weight excluding hydrogens is 291 g/mol. The van der Waals surface area contributed by atoms with E-state index in [1.165, 1.54) is 6.07 Å². The highest BCUT2D eigenvalue weighted by molar-refractivity contribution is 5.83. The number of likely N-dealkylation sites (N-methyl/N-ethyl adjacent to an activating group) is 1. The third-order valence-corrected chi connectivity index (χ3v) is 4.27. The minimum Gasteiger partial charge on any atom is -0.351 e. The molecule has 0 saturated heterocycles. The number of nitrogens with zero attached hydrogens (tertiary/aromatic N) is 1. The van der Waals surface area contributed by atoms with Crippen LogP contribution >= 0.6 is 0 Å². The third-order valence-electron chi connectivity index (χ3n) is 4.27. The zero-order chi connectivity index (χ0) is 16.4. The van der Waals surface area contributed by atoms with Gasteiger partial charge in [-0.05, 0) is 43.8 Å². The zero-order valence-corrected chi connectivity index (χ0v) is 13.4. The van der Waals surface area contributed by atoms with E-state index in [2.05, 4.69) is 5.32 Å². The summed E-state index contributed by atoms with van der Waals surface area (Å²) in [5.74, 6) is -0.0201. The summed E-state index contributed by atoms with van der Waals surface area (Å²) in [4.78, 5) is 14.6. The van der Waals surface area contributed by atoms with Gasteiger partial charge in [0.15, 0.2) is 0 Å². The number of rotatable bonds is 5. The smallest absolute Gasteiger partial charge is 0.242 e. The second-order valence-corrected chi connectivity index (χ2v) is 6.29. The lowest BCUT2D eigenvalue weighted by atomic mass is 10.1. The van der Waals surface area contributed by atoms with Crippen molar-refractivity contribution >= 4 is 5.91 Å². The molecule has 0 aliphatic heterocycles. The number of halogens is 1. The Kier molecular flexibility index (Phi) is 4.44. The first-order chi connectivity index (χ1) is 11.1. The molecule has 1 N–H and O–H groups in total. The molecule has 3 nitrogen and oxygen atoms in total. The van der Waals surface area contributed by atoms with Gasteiger partial charge in [0, 0.05) is 12.0 Å². The average molecular weight is 312 g/mol. The maximum Gasteiger partial charge on any atom is 0.242 e. The van der Waals surface area contributed by atoms with Crippen LogP contribution in [0.2, 0.25) is 0 Å². The summed E-state index contributed by atoms with van der Waals surface area (Å²) < 4.78 is 13.3. The summed E-state index contributed by atoms with van der Waals surface area (Å²) in [6.45, 7) is 0. The van der Waals surface area contributed by atoms with Gasteiger partial charge in [0.2, 0.25) is 5.91 Å². The zero-order valence-electron chi connectivity index (χ0n) is 13.4. The van der Waals surface area contributed by atoms with Crippen LogP contribution in [0.5, 0.6) is 0 Å². The number of amides is 1. The number of benzene rings is 2. The molecule has 0 unspecified atom stereocenters. The van der Waals surface area contributed by atoms with Gasteiger partial charge in [-0.2, -0.15) is 0 Å². The molecule has 0 aromatic heterocycles. The fourth-order valence-electron chi connectivity index (χ4n) is 3.04. The lowest BCUT2D eigenvalue weighted by Crippen LogP contribution is -2.38. The highest BCUT2D eigenvalue weighted by atomic mass is 19.1. The number of nitrogens with one attached hydrogen (secondary N) is 1. The van der Waals surface area contributed by atoms with Gasteiger partial charge in [0.05, 0.1) is 0 Å². The highest BCUT2D eigenvalue weighted by Crippen LogP contribution is 2.41. The van der Waals surface area contributed by atoms with Gasteiger partial charge in [-0.1, -0.05) is 42.5 Å². The first-order valence-corrected chi connectivity index (χ1v) is 7.83. The van der Waals surface area contributed by atoms with Crippen molar-refractivity contribution in [1.82, 2.24) is 10.2 Å². The van der Waals surface area contributed by atoms with Gasteiger partial charge >= 0.3 is 0 Å². The van der Waals surface area contributed by atoms with E-state index in [1.54, 1.807) is 12.1 Å². The lowest BCUT2D eigenvalue weighted by Gasteiger charge is -2.24. The van der Waals surface area contributed by atoms with E-state index in [0.29, 0.717) is 0 Å². The van der Waals surface area contributed by atoms with Crippen LogP contribution in [0, 0.1) is 5.82 Å². The van der Waals surface area contributed by atoms with Crippen LogP contribution in [0.4, 0.5) is 4.39 Å². The number of hydrogen-bond acceptors (Lipinski definition) is 2. The number of hydrogen-bond donors (Lipinski definition) is 1. The molecule has 4 heteroatoms. The van der Waals surface area contributed by atoms with Crippen LogP contribution in [0.15, 0.2) is 54.6 Å². The van der Waals surface area contributed by atoms with Crippen molar-refractivity contribution in [1.29, 1.82) is 0 Å². The van der Waals surface area contributed by atoms with Crippen molar-refractivity contribution in [2.45, 2.75) is 24.4 Å². The van der Waals surface area contributed by atoms with Crippen molar-refractivity contribution in [3.8, 4) is 0 Å². The molecule has 3 atom stereocenters. The van der Waals surface area contributed by atoms with Gasteiger partial charge in [0.25, 0.3) is 0 Å². The molecule has 0 bridgehead atoms. The van der Waals surface area contributed by atoms with E-state index in [1.807, 2.05) is 55.4 Å². The van der Waals surface area contributed by atoms with Crippen LogP contribution in [0.1, 0.15) is 29.5 Å². The van der Waals surface area contributed by atoms with Crippen molar-refractivity contribution in [2.24, 2.45) is 0 Å². The molecule has 2 aromatic carbocycles. The molecule has 120 valence electrons. The maximum absolute atomic E-state index is 13.3. The van der Waals surface area contributed by atoms with Crippen LogP contribution < -0.4 is 5.32 Å². The highest BCUT2D eigenvalue weighted by Gasteiger charge is 2.41. The molecule has 1 amide bonds. The fourth-order valence-corrected chi connectivity index (χ4v) is 3.04. The summed E-state index contributed by atoms with van der Waals surface area (Å²) in [5, 5.41) is 3.10. The minimum atomic E-state index is -0.315. The standard InChI is InChI=1S/C19H21FN2O/c1-22(2)18(13-7-4-3-5-8-13)19(23)21-17-12-16(17)14-9-6-10-15(20)11-14/h3-11,16-18H,12H2,1-2H3,(H,21,23)/t16-,17-,18+/m1/s1. The molecule has 0 radical (unpaired) electrons. The van der Waals surface area contributed by atoms with E-state index in [9.17, 15) is 9.18 Å². The third kappa shape index (κ3) is 3.59. The Hall–Kier alpha value is -2.20. The lowest BCUT2D eigenvalue weighted by molar-refractivity contribution is -0.125. The summed E-state index contributed by atoms with van der Waals surface area (Å²) in [6, 6.07) is 16.1. The molecule has 0 heterocycles. The number of carbonyl (C=O) groups excluding carboxylic acids is 1. The minimum absolute atomic E-state index is 0.00916. The van der Waals surface area contributed by atoms with Gasteiger partial charge in [-0.15, -0.1) is 0 Å². The summed E-state index contributed by atoms with van der Waals surface area (Å²) in [5.41, 5.74) is 1.93. The van der Waals surface area contributed by atoms with Gasteiger partial charge in [-0.3, -0.25) is 9.69 Å². The van der Waals surface area contributed by atoms with E-state index in [4.69, 9.17) is 0 Å². The second kappa shape index (κ2) is 6.50. The van der Waals surface area contributed by atoms with Crippen LogP contribution in [-0.2, 0) is 4.79 Å². The fraction of sp³-hybridized carbons (Fsp3) is 0.316. The van der Waals surface area contributed by atoms with Crippen molar-refractivity contribution in [3.63, 3.8) is 0 Å². The molecule has 23 heavy (non-hydrogen) atoms. The van der Waals surface area contributed by atoms with E-state index >= 15 is 0 Å². The van der Waals surface area contributed by atoms with Crippen LogP contribution in [-0.4, -0.2) is 30.9 Å². The van der Waals surface area contributed by atoms with Crippen LogP contribution in [0.3, 0.4) is 0 Å². The Bertz CT molecular complexity index is 687. The SMILES string of the molecule is CN(C)[C@H](C(=O)N[C@@H]1C[C@@H]1c1cccc(F)c1)c1ccccc1. The molecule has 1 fully saturated rings. The molecule has 1 saturated carbocycles. The summed E-state index contributed by atoms with van der Waals surface area (Å²) in [7, 11) is 3.79. The predicted molar refractivity (Wildman–Crippen MR) is 88.6 cm³/mol. The Morgan fingerprint density at radius 3 is 2.57 bits per heavy atom. The summed E-state index contributed by atoms with van der Waals surface area (Å²) in [6.07, 6.45) is 0.865. The maximum atomic E-state index is 13.3. The predicted octanol–water partition coefficient (Wildman–Crippen LogP) is 3.10. The Labute approximate surface area is 136 Å². The monoisotopic (exact) mass is 312 g/mol. The van der Waals surface area contributed by atoms with Gasteiger partial charge < -0.3 is 5.32 Å². The first kappa shape index (κ1) is 15.7. The number of carbonyl (C=O) groups is 1. The van der Waals surface area contributed by atoms with Gasteiger partial charge in [-0.25, -0.2) is 4.39 Å². The van der Waals surface area contributed by atoms with Crippen molar-refractivity contribution < 1.29 is 9.18 Å².